The second-order valence-electron chi connectivity index (χ2n) is 5.63. The SMILES string of the molecule is Cc1n[nH]c(C)c1NCc1cnn(C(C)(C)C)c1. The second-order valence-corrected chi connectivity index (χ2v) is 5.63. The number of aromatic nitrogens is 4. The van der Waals surface area contributed by atoms with E-state index in [0.29, 0.717) is 0 Å². The van der Waals surface area contributed by atoms with Gasteiger partial charge in [-0.05, 0) is 34.6 Å². The first-order valence-corrected chi connectivity index (χ1v) is 6.17. The Balaban J connectivity index is 2.05. The molecule has 98 valence electrons. The van der Waals surface area contributed by atoms with Gasteiger partial charge in [0.2, 0.25) is 0 Å². The average Bonchev–Trinajstić information content (AvgIpc) is 2.84. The first-order valence-electron chi connectivity index (χ1n) is 6.17. The number of aromatic amines is 1. The van der Waals surface area contributed by atoms with E-state index < -0.39 is 0 Å². The van der Waals surface area contributed by atoms with Gasteiger partial charge in [-0.15, -0.1) is 0 Å². The van der Waals surface area contributed by atoms with Crippen LogP contribution in [0.15, 0.2) is 12.4 Å². The van der Waals surface area contributed by atoms with E-state index in [1.807, 2.05) is 24.7 Å². The van der Waals surface area contributed by atoms with Crippen LogP contribution >= 0.6 is 0 Å². The Bertz CT molecular complexity index is 510. The predicted octanol–water partition coefficient (Wildman–Crippen LogP) is 2.59. The van der Waals surface area contributed by atoms with Crippen LogP contribution in [0.1, 0.15) is 37.7 Å². The van der Waals surface area contributed by atoms with Crippen molar-refractivity contribution in [1.82, 2.24) is 20.0 Å². The topological polar surface area (TPSA) is 58.5 Å². The molecular weight excluding hydrogens is 226 g/mol. The summed E-state index contributed by atoms with van der Waals surface area (Å²) >= 11 is 0. The van der Waals surface area contributed by atoms with Gasteiger partial charge < -0.3 is 5.32 Å². The van der Waals surface area contributed by atoms with Crippen molar-refractivity contribution < 1.29 is 0 Å². The molecule has 2 aromatic rings. The molecule has 2 N–H and O–H groups in total. The summed E-state index contributed by atoms with van der Waals surface area (Å²) in [5.74, 6) is 0. The number of hydrogen-bond donors (Lipinski definition) is 2. The van der Waals surface area contributed by atoms with Crippen LogP contribution in [-0.2, 0) is 12.1 Å². The zero-order valence-electron chi connectivity index (χ0n) is 11.7. The van der Waals surface area contributed by atoms with Crippen molar-refractivity contribution in [1.29, 1.82) is 0 Å². The Hall–Kier alpha value is -1.78. The normalized spacial score (nSPS) is 11.8. The number of nitrogens with zero attached hydrogens (tertiary/aromatic N) is 3. The molecule has 2 rings (SSSR count). The molecular formula is C13H21N5. The van der Waals surface area contributed by atoms with Crippen LogP contribution < -0.4 is 5.32 Å². The Morgan fingerprint density at radius 2 is 2.06 bits per heavy atom. The molecule has 0 bridgehead atoms. The highest BCUT2D eigenvalue weighted by Crippen LogP contribution is 2.18. The van der Waals surface area contributed by atoms with Crippen LogP contribution in [0.5, 0.6) is 0 Å². The van der Waals surface area contributed by atoms with Gasteiger partial charge in [-0.25, -0.2) is 0 Å². The summed E-state index contributed by atoms with van der Waals surface area (Å²) in [6.45, 7) is 11.2. The van der Waals surface area contributed by atoms with Crippen LogP contribution in [0.4, 0.5) is 5.69 Å². The van der Waals surface area contributed by atoms with Crippen molar-refractivity contribution in [3.8, 4) is 0 Å². The molecule has 0 saturated heterocycles. The minimum Gasteiger partial charge on any atom is -0.378 e. The maximum atomic E-state index is 4.39. The summed E-state index contributed by atoms with van der Waals surface area (Å²) in [4.78, 5) is 0. The lowest BCUT2D eigenvalue weighted by molar-refractivity contribution is 0.355. The van der Waals surface area contributed by atoms with Crippen LogP contribution in [-0.4, -0.2) is 20.0 Å². The first kappa shape index (κ1) is 12.7. The van der Waals surface area contributed by atoms with E-state index in [1.165, 1.54) is 5.56 Å². The molecule has 0 aromatic carbocycles. The lowest BCUT2D eigenvalue weighted by Gasteiger charge is -2.18. The van der Waals surface area contributed by atoms with E-state index >= 15 is 0 Å². The molecule has 0 fully saturated rings. The monoisotopic (exact) mass is 247 g/mol. The maximum absolute atomic E-state index is 4.39. The molecule has 5 nitrogen and oxygen atoms in total. The third-order valence-corrected chi connectivity index (χ3v) is 2.92. The molecule has 0 aliphatic carbocycles. The number of rotatable bonds is 3. The molecule has 0 saturated carbocycles. The zero-order chi connectivity index (χ0) is 13.3. The molecule has 0 atom stereocenters. The van der Waals surface area contributed by atoms with Crippen molar-refractivity contribution >= 4 is 5.69 Å². The number of nitrogens with one attached hydrogen (secondary N) is 2. The average molecular weight is 247 g/mol. The van der Waals surface area contributed by atoms with Crippen molar-refractivity contribution in [3.05, 3.63) is 29.3 Å². The van der Waals surface area contributed by atoms with Gasteiger partial charge in [0.15, 0.2) is 0 Å². The molecule has 0 amide bonds. The fraction of sp³-hybridized carbons (Fsp3) is 0.538. The van der Waals surface area contributed by atoms with E-state index in [-0.39, 0.29) is 5.54 Å². The zero-order valence-corrected chi connectivity index (χ0v) is 11.7. The Kier molecular flexibility index (Phi) is 3.15. The summed E-state index contributed by atoms with van der Waals surface area (Å²) in [6.07, 6.45) is 3.99. The van der Waals surface area contributed by atoms with Crippen molar-refractivity contribution in [3.63, 3.8) is 0 Å². The highest BCUT2D eigenvalue weighted by molar-refractivity contribution is 5.51. The Morgan fingerprint density at radius 1 is 1.33 bits per heavy atom. The van der Waals surface area contributed by atoms with Gasteiger partial charge in [-0.2, -0.15) is 10.2 Å². The third-order valence-electron chi connectivity index (χ3n) is 2.92. The lowest BCUT2D eigenvalue weighted by atomic mass is 10.1. The van der Waals surface area contributed by atoms with Crippen molar-refractivity contribution in [2.75, 3.05) is 5.32 Å². The van der Waals surface area contributed by atoms with Crippen molar-refractivity contribution in [2.24, 2.45) is 0 Å². The van der Waals surface area contributed by atoms with E-state index in [1.54, 1.807) is 0 Å². The Labute approximate surface area is 108 Å². The molecule has 18 heavy (non-hydrogen) atoms. The molecule has 0 aliphatic rings. The summed E-state index contributed by atoms with van der Waals surface area (Å²) in [7, 11) is 0. The van der Waals surface area contributed by atoms with Crippen LogP contribution in [0.2, 0.25) is 0 Å². The minimum atomic E-state index is 0.0275. The van der Waals surface area contributed by atoms with Crippen LogP contribution in [0.3, 0.4) is 0 Å². The first-order chi connectivity index (χ1) is 8.38. The van der Waals surface area contributed by atoms with E-state index in [0.717, 1.165) is 23.6 Å². The van der Waals surface area contributed by atoms with Gasteiger partial charge in [0.25, 0.3) is 0 Å². The van der Waals surface area contributed by atoms with E-state index in [4.69, 9.17) is 0 Å². The smallest absolute Gasteiger partial charge is 0.0825 e. The standard InChI is InChI=1S/C13H21N5/c1-9-12(10(2)17-16-9)14-6-11-7-15-18(8-11)13(3,4)5/h7-8,14H,6H2,1-5H3,(H,16,17). The summed E-state index contributed by atoms with van der Waals surface area (Å²) in [5, 5.41) is 14.9. The van der Waals surface area contributed by atoms with Gasteiger partial charge in [0, 0.05) is 18.3 Å². The maximum Gasteiger partial charge on any atom is 0.0825 e. The largest absolute Gasteiger partial charge is 0.378 e. The number of aryl methyl sites for hydroxylation is 2. The van der Waals surface area contributed by atoms with Gasteiger partial charge in [-0.1, -0.05) is 0 Å². The molecule has 2 heterocycles. The Morgan fingerprint density at radius 3 is 2.56 bits per heavy atom. The highest BCUT2D eigenvalue weighted by atomic mass is 15.3. The second kappa shape index (κ2) is 4.48. The molecule has 0 aliphatic heterocycles. The fourth-order valence-electron chi connectivity index (χ4n) is 1.82. The molecule has 0 radical (unpaired) electrons. The molecule has 0 spiro atoms. The number of H-pyrrole nitrogens is 1. The van der Waals surface area contributed by atoms with Gasteiger partial charge in [0.05, 0.1) is 28.8 Å². The van der Waals surface area contributed by atoms with Gasteiger partial charge in [0.1, 0.15) is 0 Å². The third kappa shape index (κ3) is 2.55. The van der Waals surface area contributed by atoms with E-state index in [2.05, 4.69) is 47.6 Å². The van der Waals surface area contributed by atoms with E-state index in [9.17, 15) is 0 Å². The van der Waals surface area contributed by atoms with Crippen LogP contribution in [0.25, 0.3) is 0 Å². The number of anilines is 1. The molecule has 2 aromatic heterocycles. The van der Waals surface area contributed by atoms with Crippen molar-refractivity contribution in [2.45, 2.75) is 46.7 Å². The predicted molar refractivity (Wildman–Crippen MR) is 72.6 cm³/mol. The lowest BCUT2D eigenvalue weighted by Crippen LogP contribution is -2.21. The van der Waals surface area contributed by atoms with Gasteiger partial charge >= 0.3 is 0 Å². The summed E-state index contributed by atoms with van der Waals surface area (Å²) < 4.78 is 1.99. The molecule has 5 heteroatoms. The van der Waals surface area contributed by atoms with Crippen LogP contribution in [0, 0.1) is 13.8 Å². The molecule has 0 unspecified atom stereocenters. The summed E-state index contributed by atoms with van der Waals surface area (Å²) in [5.41, 5.74) is 4.34. The summed E-state index contributed by atoms with van der Waals surface area (Å²) in [6, 6.07) is 0. The van der Waals surface area contributed by atoms with Gasteiger partial charge in [-0.3, -0.25) is 9.78 Å². The minimum absolute atomic E-state index is 0.0275. The number of hydrogen-bond acceptors (Lipinski definition) is 3. The highest BCUT2D eigenvalue weighted by Gasteiger charge is 2.14. The quantitative estimate of drug-likeness (QED) is 0.876. The fourth-order valence-corrected chi connectivity index (χ4v) is 1.82.